The van der Waals surface area contributed by atoms with E-state index in [1.54, 1.807) is 11.3 Å². The Labute approximate surface area is 119 Å². The molecule has 0 spiro atoms. The van der Waals surface area contributed by atoms with Gasteiger partial charge in [-0.15, -0.1) is 0 Å². The average molecular weight is 275 g/mol. The molecule has 0 fully saturated rings. The maximum Gasteiger partial charge on any atom is 0.0271 e. The van der Waals surface area contributed by atoms with Crippen molar-refractivity contribution in [3.05, 3.63) is 52.5 Å². The molecule has 102 valence electrons. The van der Waals surface area contributed by atoms with Crippen molar-refractivity contribution in [3.8, 4) is 0 Å². The molecule has 0 unspecified atom stereocenters. The molecule has 3 nitrogen and oxygen atoms in total. The second kappa shape index (κ2) is 7.38. The van der Waals surface area contributed by atoms with Gasteiger partial charge >= 0.3 is 0 Å². The van der Waals surface area contributed by atoms with Crippen LogP contribution in [0.15, 0.2) is 41.4 Å². The van der Waals surface area contributed by atoms with Gasteiger partial charge in [-0.25, -0.2) is 0 Å². The largest absolute Gasteiger partial charge is 0.308 e. The fraction of sp³-hybridized carbons (Fsp3) is 0.400. The number of nitrogens with zero attached hydrogens (tertiary/aromatic N) is 3. The quantitative estimate of drug-likeness (QED) is 0.774. The van der Waals surface area contributed by atoms with Gasteiger partial charge in [0.2, 0.25) is 0 Å². The Balaban J connectivity index is 1.97. The van der Waals surface area contributed by atoms with Crippen LogP contribution in [0, 0.1) is 0 Å². The molecule has 0 aliphatic rings. The molecule has 2 aromatic heterocycles. The van der Waals surface area contributed by atoms with E-state index >= 15 is 0 Å². The molecule has 0 bridgehead atoms. The fourth-order valence-electron chi connectivity index (χ4n) is 1.94. The predicted molar refractivity (Wildman–Crippen MR) is 81.2 cm³/mol. The highest BCUT2D eigenvalue weighted by molar-refractivity contribution is 7.07. The molecule has 0 N–H and O–H groups in total. The number of rotatable bonds is 7. The third-order valence-corrected chi connectivity index (χ3v) is 3.74. The number of hydrogen-bond acceptors (Lipinski definition) is 4. The summed E-state index contributed by atoms with van der Waals surface area (Å²) in [7, 11) is 4.24. The van der Waals surface area contributed by atoms with Crippen molar-refractivity contribution in [2.24, 2.45) is 0 Å². The summed E-state index contributed by atoms with van der Waals surface area (Å²) >= 11 is 1.77. The van der Waals surface area contributed by atoms with Crippen LogP contribution in [-0.4, -0.2) is 42.0 Å². The van der Waals surface area contributed by atoms with Crippen LogP contribution in [0.5, 0.6) is 0 Å². The topological polar surface area (TPSA) is 19.4 Å². The van der Waals surface area contributed by atoms with Gasteiger partial charge in [0.25, 0.3) is 0 Å². The molecule has 0 aliphatic heterocycles. The van der Waals surface area contributed by atoms with E-state index < -0.39 is 0 Å². The summed E-state index contributed by atoms with van der Waals surface area (Å²) in [5.41, 5.74) is 2.72. The van der Waals surface area contributed by atoms with Crippen molar-refractivity contribution in [3.63, 3.8) is 0 Å². The van der Waals surface area contributed by atoms with Crippen LogP contribution in [-0.2, 0) is 13.1 Å². The Morgan fingerprint density at radius 1 is 1.00 bits per heavy atom. The molecule has 0 aliphatic carbocycles. The van der Waals surface area contributed by atoms with E-state index in [4.69, 9.17) is 0 Å². The predicted octanol–water partition coefficient (Wildman–Crippen LogP) is 2.71. The minimum absolute atomic E-state index is 0.978. The standard InChI is InChI=1S/C15H21N3S/c1-17(2)8-9-18(12-15-5-10-19-13-15)11-14-3-6-16-7-4-14/h3-7,10,13H,8-9,11-12H2,1-2H3. The van der Waals surface area contributed by atoms with Gasteiger partial charge in [-0.2, -0.15) is 11.3 Å². The SMILES string of the molecule is CN(C)CCN(Cc1ccncc1)Cc1ccsc1. The second-order valence-electron chi connectivity index (χ2n) is 5.00. The zero-order valence-corrected chi connectivity index (χ0v) is 12.4. The summed E-state index contributed by atoms with van der Waals surface area (Å²) in [5.74, 6) is 0. The first kappa shape index (κ1) is 14.2. The van der Waals surface area contributed by atoms with E-state index in [9.17, 15) is 0 Å². The molecule has 0 aromatic carbocycles. The van der Waals surface area contributed by atoms with E-state index in [2.05, 4.69) is 57.8 Å². The summed E-state index contributed by atoms with van der Waals surface area (Å²) in [6, 6.07) is 6.40. The summed E-state index contributed by atoms with van der Waals surface area (Å²) in [5, 5.41) is 4.38. The molecule has 0 saturated heterocycles. The van der Waals surface area contributed by atoms with E-state index in [0.717, 1.165) is 26.2 Å². The second-order valence-corrected chi connectivity index (χ2v) is 5.78. The van der Waals surface area contributed by atoms with Gasteiger partial charge in [-0.05, 0) is 54.2 Å². The van der Waals surface area contributed by atoms with Crippen LogP contribution in [0.25, 0.3) is 0 Å². The third-order valence-electron chi connectivity index (χ3n) is 3.01. The van der Waals surface area contributed by atoms with Gasteiger partial charge in [0, 0.05) is 38.6 Å². The number of thiophene rings is 1. The number of pyridine rings is 1. The minimum atomic E-state index is 0.978. The first-order valence-electron chi connectivity index (χ1n) is 6.51. The Morgan fingerprint density at radius 3 is 2.37 bits per heavy atom. The maximum atomic E-state index is 4.08. The first-order valence-corrected chi connectivity index (χ1v) is 7.45. The zero-order valence-electron chi connectivity index (χ0n) is 11.6. The van der Waals surface area contributed by atoms with E-state index in [1.165, 1.54) is 11.1 Å². The lowest BCUT2D eigenvalue weighted by Crippen LogP contribution is -2.31. The van der Waals surface area contributed by atoms with Gasteiger partial charge in [0.1, 0.15) is 0 Å². The van der Waals surface area contributed by atoms with Crippen LogP contribution in [0.1, 0.15) is 11.1 Å². The first-order chi connectivity index (χ1) is 9.24. The van der Waals surface area contributed by atoms with Crippen LogP contribution in [0.4, 0.5) is 0 Å². The van der Waals surface area contributed by atoms with Crippen molar-refractivity contribution in [1.29, 1.82) is 0 Å². The fourth-order valence-corrected chi connectivity index (χ4v) is 2.60. The Kier molecular flexibility index (Phi) is 5.51. The highest BCUT2D eigenvalue weighted by Gasteiger charge is 2.08. The maximum absolute atomic E-state index is 4.08. The summed E-state index contributed by atoms with van der Waals surface area (Å²) < 4.78 is 0. The number of likely N-dealkylation sites (N-methyl/N-ethyl adjacent to an activating group) is 1. The Hall–Kier alpha value is -1.23. The summed E-state index contributed by atoms with van der Waals surface area (Å²) in [6.45, 7) is 4.15. The van der Waals surface area contributed by atoms with Crippen LogP contribution >= 0.6 is 11.3 Å². The van der Waals surface area contributed by atoms with Crippen molar-refractivity contribution >= 4 is 11.3 Å². The van der Waals surface area contributed by atoms with Crippen molar-refractivity contribution in [1.82, 2.24) is 14.8 Å². The monoisotopic (exact) mass is 275 g/mol. The molecule has 2 aromatic rings. The van der Waals surface area contributed by atoms with Gasteiger partial charge in [-0.1, -0.05) is 0 Å². The minimum Gasteiger partial charge on any atom is -0.308 e. The molecular weight excluding hydrogens is 254 g/mol. The molecule has 19 heavy (non-hydrogen) atoms. The van der Waals surface area contributed by atoms with Crippen LogP contribution in [0.2, 0.25) is 0 Å². The molecule has 0 saturated carbocycles. The molecule has 2 heterocycles. The molecular formula is C15H21N3S. The Morgan fingerprint density at radius 2 is 1.74 bits per heavy atom. The average Bonchev–Trinajstić information content (AvgIpc) is 2.90. The van der Waals surface area contributed by atoms with E-state index in [1.807, 2.05) is 12.4 Å². The molecule has 2 rings (SSSR count). The number of hydrogen-bond donors (Lipinski definition) is 0. The highest BCUT2D eigenvalue weighted by atomic mass is 32.1. The number of aromatic nitrogens is 1. The lowest BCUT2D eigenvalue weighted by atomic mass is 10.2. The van der Waals surface area contributed by atoms with Crippen LogP contribution in [0.3, 0.4) is 0 Å². The van der Waals surface area contributed by atoms with Crippen LogP contribution < -0.4 is 0 Å². The summed E-state index contributed by atoms with van der Waals surface area (Å²) in [6.07, 6.45) is 3.73. The van der Waals surface area contributed by atoms with E-state index in [0.29, 0.717) is 0 Å². The smallest absolute Gasteiger partial charge is 0.0271 e. The van der Waals surface area contributed by atoms with Crippen molar-refractivity contribution in [2.45, 2.75) is 13.1 Å². The normalized spacial score (nSPS) is 11.4. The van der Waals surface area contributed by atoms with Crippen molar-refractivity contribution in [2.75, 3.05) is 27.2 Å². The van der Waals surface area contributed by atoms with Gasteiger partial charge in [-0.3, -0.25) is 9.88 Å². The zero-order chi connectivity index (χ0) is 13.5. The third kappa shape index (κ3) is 5.11. The van der Waals surface area contributed by atoms with Gasteiger partial charge in [0.05, 0.1) is 0 Å². The lowest BCUT2D eigenvalue weighted by molar-refractivity contribution is 0.226. The molecule has 0 radical (unpaired) electrons. The molecule has 4 heteroatoms. The molecule has 0 atom stereocenters. The molecule has 0 amide bonds. The van der Waals surface area contributed by atoms with Gasteiger partial charge in [0.15, 0.2) is 0 Å². The van der Waals surface area contributed by atoms with E-state index in [-0.39, 0.29) is 0 Å². The summed E-state index contributed by atoms with van der Waals surface area (Å²) in [4.78, 5) is 8.79. The lowest BCUT2D eigenvalue weighted by Gasteiger charge is -2.23. The Bertz CT molecular complexity index is 454. The highest BCUT2D eigenvalue weighted by Crippen LogP contribution is 2.12. The van der Waals surface area contributed by atoms with Crippen molar-refractivity contribution < 1.29 is 0 Å². The van der Waals surface area contributed by atoms with Gasteiger partial charge < -0.3 is 4.90 Å².